The van der Waals surface area contributed by atoms with Crippen LogP contribution in [0, 0.1) is 12.8 Å². The van der Waals surface area contributed by atoms with Gasteiger partial charge in [-0.3, -0.25) is 0 Å². The zero-order valence-corrected chi connectivity index (χ0v) is 10.8. The molecule has 1 atom stereocenters. The molecule has 6 nitrogen and oxygen atoms in total. The quantitative estimate of drug-likeness (QED) is 0.748. The fourth-order valence-corrected chi connectivity index (χ4v) is 1.32. The van der Waals surface area contributed by atoms with Gasteiger partial charge in [-0.2, -0.15) is 0 Å². The van der Waals surface area contributed by atoms with E-state index >= 15 is 0 Å². The Morgan fingerprint density at radius 3 is 2.50 bits per heavy atom. The highest BCUT2D eigenvalue weighted by Crippen LogP contribution is 2.11. The molecule has 0 aromatic carbocycles. The molecular formula is C12H16N2O4. The second-order valence-electron chi connectivity index (χ2n) is 4.08. The van der Waals surface area contributed by atoms with Crippen LogP contribution in [0.25, 0.3) is 0 Å². The van der Waals surface area contributed by atoms with Gasteiger partial charge in [0.1, 0.15) is 5.82 Å². The normalized spacial score (nSPS) is 12.1. The first-order chi connectivity index (χ1) is 8.45. The van der Waals surface area contributed by atoms with Crippen LogP contribution in [-0.2, 0) is 14.3 Å². The monoisotopic (exact) mass is 252 g/mol. The van der Waals surface area contributed by atoms with Crippen molar-refractivity contribution in [2.24, 2.45) is 5.92 Å². The van der Waals surface area contributed by atoms with Crippen LogP contribution in [0.5, 0.6) is 0 Å². The number of nitrogens with zero attached hydrogens (tertiary/aromatic N) is 2. The highest BCUT2D eigenvalue weighted by atomic mass is 16.6. The summed E-state index contributed by atoms with van der Waals surface area (Å²) in [4.78, 5) is 31.1. The minimum Gasteiger partial charge on any atom is -0.466 e. The molecule has 1 aromatic heterocycles. The summed E-state index contributed by atoms with van der Waals surface area (Å²) in [6.07, 6.45) is 0.527. The summed E-state index contributed by atoms with van der Waals surface area (Å²) in [5.74, 6) is -0.957. The smallest absolute Gasteiger partial charge is 0.357 e. The standard InChI is InChI=1S/C12H16N2O4/c1-7(2)10(12(16)17-4)18-11(15)9-5-6-13-8(3)14-9/h5-7,10H,1-4H3. The van der Waals surface area contributed by atoms with Crippen LogP contribution in [0.2, 0.25) is 0 Å². The zero-order valence-electron chi connectivity index (χ0n) is 10.8. The summed E-state index contributed by atoms with van der Waals surface area (Å²) in [5, 5.41) is 0. The van der Waals surface area contributed by atoms with E-state index in [0.717, 1.165) is 0 Å². The Morgan fingerprint density at radius 1 is 1.33 bits per heavy atom. The summed E-state index contributed by atoms with van der Waals surface area (Å²) in [7, 11) is 1.25. The minimum absolute atomic E-state index is 0.122. The van der Waals surface area contributed by atoms with Gasteiger partial charge in [-0.25, -0.2) is 19.6 Å². The number of aryl methyl sites for hydroxylation is 1. The van der Waals surface area contributed by atoms with Crippen LogP contribution >= 0.6 is 0 Å². The van der Waals surface area contributed by atoms with E-state index in [1.54, 1.807) is 20.8 Å². The molecule has 0 spiro atoms. The number of ether oxygens (including phenoxy) is 2. The SMILES string of the molecule is COC(=O)C(OC(=O)c1ccnc(C)n1)C(C)C. The fraction of sp³-hybridized carbons (Fsp3) is 0.500. The molecule has 0 amide bonds. The van der Waals surface area contributed by atoms with E-state index in [1.807, 2.05) is 0 Å². The Balaban J connectivity index is 2.82. The summed E-state index contributed by atoms with van der Waals surface area (Å²) in [5.41, 5.74) is 0.122. The lowest BCUT2D eigenvalue weighted by Gasteiger charge is -2.18. The molecule has 0 aliphatic rings. The lowest BCUT2D eigenvalue weighted by Crippen LogP contribution is -2.33. The van der Waals surface area contributed by atoms with Crippen LogP contribution in [0.4, 0.5) is 0 Å². The van der Waals surface area contributed by atoms with Crippen molar-refractivity contribution in [3.63, 3.8) is 0 Å². The number of carbonyl (C=O) groups is 2. The van der Waals surface area contributed by atoms with Gasteiger partial charge in [-0.15, -0.1) is 0 Å². The van der Waals surface area contributed by atoms with Crippen molar-refractivity contribution < 1.29 is 19.1 Å². The summed E-state index contributed by atoms with van der Waals surface area (Å²) in [6.45, 7) is 5.19. The molecule has 0 aliphatic heterocycles. The van der Waals surface area contributed by atoms with Crippen molar-refractivity contribution in [2.45, 2.75) is 26.9 Å². The molecule has 0 saturated carbocycles. The zero-order chi connectivity index (χ0) is 13.7. The highest BCUT2D eigenvalue weighted by Gasteiger charge is 2.28. The van der Waals surface area contributed by atoms with Crippen LogP contribution in [0.1, 0.15) is 30.2 Å². The molecule has 1 aromatic rings. The van der Waals surface area contributed by atoms with Crippen molar-refractivity contribution in [3.05, 3.63) is 23.8 Å². The highest BCUT2D eigenvalue weighted by molar-refractivity contribution is 5.89. The first-order valence-corrected chi connectivity index (χ1v) is 5.54. The third-order valence-electron chi connectivity index (χ3n) is 2.26. The van der Waals surface area contributed by atoms with E-state index in [-0.39, 0.29) is 11.6 Å². The average Bonchev–Trinajstić information content (AvgIpc) is 2.34. The third-order valence-corrected chi connectivity index (χ3v) is 2.26. The van der Waals surface area contributed by atoms with Gasteiger partial charge in [0.15, 0.2) is 5.69 Å². The first-order valence-electron chi connectivity index (χ1n) is 5.54. The number of methoxy groups -OCH3 is 1. The van der Waals surface area contributed by atoms with E-state index in [9.17, 15) is 9.59 Å². The predicted molar refractivity (Wildman–Crippen MR) is 62.8 cm³/mol. The van der Waals surface area contributed by atoms with Crippen molar-refractivity contribution >= 4 is 11.9 Å². The second kappa shape index (κ2) is 6.09. The Labute approximate surface area is 105 Å². The molecule has 98 valence electrons. The number of carbonyl (C=O) groups excluding carboxylic acids is 2. The van der Waals surface area contributed by atoms with Crippen LogP contribution in [-0.4, -0.2) is 35.1 Å². The second-order valence-corrected chi connectivity index (χ2v) is 4.08. The Bertz CT molecular complexity index is 445. The van der Waals surface area contributed by atoms with Crippen molar-refractivity contribution in [2.75, 3.05) is 7.11 Å². The Kier molecular flexibility index (Phi) is 4.76. The van der Waals surface area contributed by atoms with Crippen molar-refractivity contribution in [3.8, 4) is 0 Å². The van der Waals surface area contributed by atoms with Gasteiger partial charge in [0.25, 0.3) is 0 Å². The maximum absolute atomic E-state index is 11.8. The maximum atomic E-state index is 11.8. The summed E-state index contributed by atoms with van der Waals surface area (Å²) >= 11 is 0. The predicted octanol–water partition coefficient (Wildman–Crippen LogP) is 1.14. The van der Waals surface area contributed by atoms with E-state index in [2.05, 4.69) is 14.7 Å². The van der Waals surface area contributed by atoms with Crippen molar-refractivity contribution in [1.29, 1.82) is 0 Å². The minimum atomic E-state index is -0.933. The maximum Gasteiger partial charge on any atom is 0.357 e. The fourth-order valence-electron chi connectivity index (χ4n) is 1.32. The van der Waals surface area contributed by atoms with E-state index in [0.29, 0.717) is 5.82 Å². The summed E-state index contributed by atoms with van der Waals surface area (Å²) < 4.78 is 9.69. The lowest BCUT2D eigenvalue weighted by atomic mass is 10.1. The summed E-state index contributed by atoms with van der Waals surface area (Å²) in [6, 6.07) is 1.43. The van der Waals surface area contributed by atoms with Gasteiger partial charge in [-0.05, 0) is 13.0 Å². The number of hydrogen-bond acceptors (Lipinski definition) is 6. The number of esters is 2. The van der Waals surface area contributed by atoms with Crippen LogP contribution in [0.15, 0.2) is 12.3 Å². The molecule has 0 radical (unpaired) electrons. The van der Waals surface area contributed by atoms with E-state index in [1.165, 1.54) is 19.4 Å². The number of rotatable bonds is 4. The molecule has 0 bridgehead atoms. The third kappa shape index (κ3) is 3.51. The van der Waals surface area contributed by atoms with Crippen LogP contribution < -0.4 is 0 Å². The Hall–Kier alpha value is -1.98. The van der Waals surface area contributed by atoms with Gasteiger partial charge in [0, 0.05) is 12.1 Å². The van der Waals surface area contributed by atoms with Gasteiger partial charge in [-0.1, -0.05) is 13.8 Å². The van der Waals surface area contributed by atoms with E-state index < -0.39 is 18.0 Å². The average molecular weight is 252 g/mol. The molecule has 18 heavy (non-hydrogen) atoms. The van der Waals surface area contributed by atoms with Gasteiger partial charge in [0.05, 0.1) is 7.11 Å². The number of aromatic nitrogens is 2. The first kappa shape index (κ1) is 14.1. The van der Waals surface area contributed by atoms with Crippen molar-refractivity contribution in [1.82, 2.24) is 9.97 Å². The molecule has 0 N–H and O–H groups in total. The molecule has 1 rings (SSSR count). The molecule has 0 aliphatic carbocycles. The molecule has 6 heteroatoms. The van der Waals surface area contributed by atoms with Gasteiger partial charge < -0.3 is 9.47 Å². The molecule has 1 unspecified atom stereocenters. The lowest BCUT2D eigenvalue weighted by molar-refractivity contribution is -0.153. The van der Waals surface area contributed by atoms with Crippen LogP contribution in [0.3, 0.4) is 0 Å². The van der Waals surface area contributed by atoms with Gasteiger partial charge >= 0.3 is 11.9 Å². The molecule has 0 saturated heterocycles. The molecule has 0 fully saturated rings. The molecular weight excluding hydrogens is 236 g/mol. The van der Waals surface area contributed by atoms with E-state index in [4.69, 9.17) is 4.74 Å². The Morgan fingerprint density at radius 2 is 2.00 bits per heavy atom. The largest absolute Gasteiger partial charge is 0.466 e. The number of hydrogen-bond donors (Lipinski definition) is 0. The van der Waals surface area contributed by atoms with Gasteiger partial charge in [0.2, 0.25) is 6.10 Å². The topological polar surface area (TPSA) is 78.4 Å². The molecule has 1 heterocycles.